The number of benzene rings is 2. The van der Waals surface area contributed by atoms with E-state index < -0.39 is 10.0 Å². The smallest absolute Gasteiger partial charge is 0.249 e. The summed E-state index contributed by atoms with van der Waals surface area (Å²) in [6.07, 6.45) is 1.31. The highest BCUT2D eigenvalue weighted by Gasteiger charge is 2.14. The molecular weight excluding hydrogens is 471 g/mol. The number of nitrogens with zero attached hydrogens (tertiary/aromatic N) is 3. The van der Waals surface area contributed by atoms with Gasteiger partial charge in [-0.15, -0.1) is 0 Å². The lowest BCUT2D eigenvalue weighted by Gasteiger charge is -2.04. The summed E-state index contributed by atoms with van der Waals surface area (Å²) in [4.78, 5) is 2.24. The van der Waals surface area contributed by atoms with Crippen molar-refractivity contribution in [1.29, 1.82) is 0 Å². The standard InChI is InChI=1S/C18H15BrClFN4O2S/c1-12-17(10-22-24-28(26,27)16-8-4-14(19)5-9-16)18(20)25(23-12)11-13-2-6-15(21)7-3-13/h2-10,24H,11H2,1H3. The molecule has 0 unspecified atom stereocenters. The molecule has 28 heavy (non-hydrogen) atoms. The molecule has 1 N–H and O–H groups in total. The second-order valence-electron chi connectivity index (χ2n) is 5.88. The van der Waals surface area contributed by atoms with Gasteiger partial charge in [-0.1, -0.05) is 39.7 Å². The Morgan fingerprint density at radius 2 is 1.86 bits per heavy atom. The van der Waals surface area contributed by atoms with Crippen molar-refractivity contribution in [3.63, 3.8) is 0 Å². The van der Waals surface area contributed by atoms with Crippen LogP contribution in [0.25, 0.3) is 0 Å². The molecule has 0 saturated heterocycles. The average molecular weight is 486 g/mol. The average Bonchev–Trinajstić information content (AvgIpc) is 2.91. The first-order valence-electron chi connectivity index (χ1n) is 8.04. The van der Waals surface area contributed by atoms with Crippen LogP contribution in [-0.4, -0.2) is 24.4 Å². The monoisotopic (exact) mass is 484 g/mol. The SMILES string of the molecule is Cc1nn(Cc2ccc(F)cc2)c(Cl)c1C=NNS(=O)(=O)c1ccc(Br)cc1. The van der Waals surface area contributed by atoms with Crippen molar-refractivity contribution in [2.45, 2.75) is 18.4 Å². The zero-order valence-corrected chi connectivity index (χ0v) is 17.8. The maximum atomic E-state index is 13.0. The van der Waals surface area contributed by atoms with Crippen LogP contribution in [-0.2, 0) is 16.6 Å². The fraction of sp³-hybridized carbons (Fsp3) is 0.111. The summed E-state index contributed by atoms with van der Waals surface area (Å²) in [5, 5.41) is 8.43. The van der Waals surface area contributed by atoms with Crippen molar-refractivity contribution >= 4 is 43.8 Å². The highest BCUT2D eigenvalue weighted by molar-refractivity contribution is 9.10. The van der Waals surface area contributed by atoms with Gasteiger partial charge < -0.3 is 0 Å². The number of hydrazone groups is 1. The van der Waals surface area contributed by atoms with Crippen LogP contribution in [0.1, 0.15) is 16.8 Å². The second kappa shape index (κ2) is 8.42. The summed E-state index contributed by atoms with van der Waals surface area (Å²) in [5.74, 6) is -0.322. The zero-order valence-electron chi connectivity index (χ0n) is 14.6. The van der Waals surface area contributed by atoms with Gasteiger partial charge in [0.25, 0.3) is 10.0 Å². The van der Waals surface area contributed by atoms with E-state index in [9.17, 15) is 12.8 Å². The Kier molecular flexibility index (Phi) is 6.17. The summed E-state index contributed by atoms with van der Waals surface area (Å²) >= 11 is 9.60. The Hall–Kier alpha value is -2.23. The van der Waals surface area contributed by atoms with Crippen LogP contribution in [0.5, 0.6) is 0 Å². The highest BCUT2D eigenvalue weighted by Crippen LogP contribution is 2.20. The molecule has 2 aromatic carbocycles. The Bertz CT molecular complexity index is 1110. The minimum absolute atomic E-state index is 0.0858. The maximum Gasteiger partial charge on any atom is 0.276 e. The molecule has 0 radical (unpaired) electrons. The summed E-state index contributed by atoms with van der Waals surface area (Å²) in [5.41, 5.74) is 1.89. The number of sulfonamides is 1. The van der Waals surface area contributed by atoms with E-state index >= 15 is 0 Å². The molecule has 3 aromatic rings. The molecule has 1 heterocycles. The first-order chi connectivity index (χ1) is 13.3. The molecular formula is C18H15BrClFN4O2S. The van der Waals surface area contributed by atoms with E-state index in [1.807, 2.05) is 0 Å². The van der Waals surface area contributed by atoms with Gasteiger partial charge in [0.1, 0.15) is 11.0 Å². The Morgan fingerprint density at radius 3 is 2.50 bits per heavy atom. The second-order valence-corrected chi connectivity index (χ2v) is 8.82. The first kappa shape index (κ1) is 20.5. The maximum absolute atomic E-state index is 13.0. The largest absolute Gasteiger partial charge is 0.276 e. The molecule has 0 atom stereocenters. The molecule has 0 bridgehead atoms. The van der Waals surface area contributed by atoms with Crippen LogP contribution >= 0.6 is 27.5 Å². The summed E-state index contributed by atoms with van der Waals surface area (Å²) < 4.78 is 39.8. The number of hydrogen-bond acceptors (Lipinski definition) is 4. The van der Waals surface area contributed by atoms with Crippen LogP contribution in [0.2, 0.25) is 5.15 Å². The topological polar surface area (TPSA) is 76.3 Å². The van der Waals surface area contributed by atoms with Crippen LogP contribution in [0.15, 0.2) is 63.0 Å². The number of rotatable bonds is 6. The van der Waals surface area contributed by atoms with Crippen molar-refractivity contribution in [3.8, 4) is 0 Å². The minimum atomic E-state index is -3.79. The molecule has 0 amide bonds. The quantitative estimate of drug-likeness (QED) is 0.422. The van der Waals surface area contributed by atoms with Crippen LogP contribution in [0.3, 0.4) is 0 Å². The molecule has 0 spiro atoms. The molecule has 0 fully saturated rings. The summed E-state index contributed by atoms with van der Waals surface area (Å²) in [6, 6.07) is 12.2. The first-order valence-corrected chi connectivity index (χ1v) is 10.7. The molecule has 0 aliphatic carbocycles. The van der Waals surface area contributed by atoms with Gasteiger partial charge in [0.15, 0.2) is 0 Å². The Labute approximate surface area is 175 Å². The Morgan fingerprint density at radius 1 is 1.21 bits per heavy atom. The third-order valence-corrected chi connectivity index (χ3v) is 6.01. The normalized spacial score (nSPS) is 11.9. The van der Waals surface area contributed by atoms with E-state index in [0.29, 0.717) is 23.0 Å². The predicted molar refractivity (Wildman–Crippen MR) is 110 cm³/mol. The number of nitrogens with one attached hydrogen (secondary N) is 1. The minimum Gasteiger partial charge on any atom is -0.249 e. The fourth-order valence-corrected chi connectivity index (χ4v) is 3.75. The van der Waals surface area contributed by atoms with Crippen molar-refractivity contribution in [2.24, 2.45) is 5.10 Å². The van der Waals surface area contributed by atoms with Gasteiger partial charge in [-0.2, -0.15) is 18.6 Å². The van der Waals surface area contributed by atoms with E-state index in [0.717, 1.165) is 10.0 Å². The molecule has 1 aromatic heterocycles. The van der Waals surface area contributed by atoms with Gasteiger partial charge in [0, 0.05) is 4.47 Å². The number of hydrogen-bond donors (Lipinski definition) is 1. The molecule has 10 heteroatoms. The van der Waals surface area contributed by atoms with Gasteiger partial charge in [-0.3, -0.25) is 0 Å². The summed E-state index contributed by atoms with van der Waals surface area (Å²) in [7, 11) is -3.79. The molecule has 0 aliphatic rings. The van der Waals surface area contributed by atoms with Gasteiger partial charge >= 0.3 is 0 Å². The van der Waals surface area contributed by atoms with E-state index in [4.69, 9.17) is 11.6 Å². The molecule has 0 aliphatic heterocycles. The molecule has 146 valence electrons. The molecule has 0 saturated carbocycles. The van der Waals surface area contributed by atoms with E-state index in [2.05, 4.69) is 31.0 Å². The summed E-state index contributed by atoms with van der Waals surface area (Å²) in [6.45, 7) is 2.08. The predicted octanol–water partition coefficient (Wildman–Crippen LogP) is 4.11. The fourth-order valence-electron chi connectivity index (χ4n) is 2.41. The van der Waals surface area contributed by atoms with E-state index in [1.165, 1.54) is 35.2 Å². The van der Waals surface area contributed by atoms with Crippen LogP contribution in [0, 0.1) is 12.7 Å². The number of halogens is 3. The van der Waals surface area contributed by atoms with Crippen molar-refractivity contribution < 1.29 is 12.8 Å². The van der Waals surface area contributed by atoms with Crippen LogP contribution < -0.4 is 4.83 Å². The van der Waals surface area contributed by atoms with Crippen LogP contribution in [0.4, 0.5) is 4.39 Å². The molecule has 3 rings (SSSR count). The lowest BCUT2D eigenvalue weighted by Crippen LogP contribution is -2.18. The highest BCUT2D eigenvalue weighted by atomic mass is 79.9. The van der Waals surface area contributed by atoms with E-state index in [1.54, 1.807) is 31.2 Å². The Balaban J connectivity index is 1.76. The number of aromatic nitrogens is 2. The van der Waals surface area contributed by atoms with Crippen molar-refractivity contribution in [1.82, 2.24) is 14.6 Å². The van der Waals surface area contributed by atoms with E-state index in [-0.39, 0.29) is 10.7 Å². The van der Waals surface area contributed by atoms with Gasteiger partial charge in [-0.05, 0) is 48.9 Å². The third-order valence-electron chi connectivity index (χ3n) is 3.85. The lowest BCUT2D eigenvalue weighted by molar-refractivity contribution is 0.584. The van der Waals surface area contributed by atoms with Gasteiger partial charge in [0.05, 0.1) is 28.9 Å². The van der Waals surface area contributed by atoms with Crippen molar-refractivity contribution in [3.05, 3.63) is 80.8 Å². The lowest BCUT2D eigenvalue weighted by atomic mass is 10.2. The number of aryl methyl sites for hydroxylation is 1. The third kappa shape index (κ3) is 4.78. The van der Waals surface area contributed by atoms with Gasteiger partial charge in [-0.25, -0.2) is 13.9 Å². The molecule has 6 nitrogen and oxygen atoms in total. The zero-order chi connectivity index (χ0) is 20.3. The van der Waals surface area contributed by atoms with Gasteiger partial charge in [0.2, 0.25) is 0 Å². The van der Waals surface area contributed by atoms with Crippen molar-refractivity contribution in [2.75, 3.05) is 0 Å².